The second-order valence-electron chi connectivity index (χ2n) is 9.14. The fourth-order valence-corrected chi connectivity index (χ4v) is 5.82. The number of carbonyl (C=O) groups is 1. The minimum Gasteiger partial charge on any atom is -0.479 e. The van der Waals surface area contributed by atoms with Crippen molar-refractivity contribution in [1.29, 1.82) is 0 Å². The zero-order valence-electron chi connectivity index (χ0n) is 18.5. The van der Waals surface area contributed by atoms with Crippen molar-refractivity contribution >= 4 is 27.5 Å². The van der Waals surface area contributed by atoms with Gasteiger partial charge in [-0.05, 0) is 70.1 Å². The van der Waals surface area contributed by atoms with Crippen LogP contribution in [0.5, 0.6) is 0 Å². The van der Waals surface area contributed by atoms with E-state index in [1.807, 2.05) is 52.0 Å². The third-order valence-corrected chi connectivity index (χ3v) is 6.93. The molecule has 0 saturated carbocycles. The second-order valence-corrected chi connectivity index (χ2v) is 10.2. The van der Waals surface area contributed by atoms with Gasteiger partial charge in [-0.3, -0.25) is 0 Å². The van der Waals surface area contributed by atoms with E-state index in [-0.39, 0.29) is 6.61 Å². The quantitative estimate of drug-likeness (QED) is 0.542. The van der Waals surface area contributed by atoms with Crippen LogP contribution in [0.4, 0.5) is 0 Å². The van der Waals surface area contributed by atoms with Crippen molar-refractivity contribution < 1.29 is 19.7 Å². The van der Waals surface area contributed by atoms with Crippen LogP contribution in [0.15, 0.2) is 24.3 Å². The molecule has 1 atom stereocenters. The minimum absolute atomic E-state index is 0.122. The maximum Gasteiger partial charge on any atom is 0.337 e. The minimum atomic E-state index is -1.15. The van der Waals surface area contributed by atoms with Crippen LogP contribution in [0.3, 0.4) is 0 Å². The molecule has 2 aromatic heterocycles. The average molecular weight is 440 g/mol. The molecule has 2 N–H and O–H groups in total. The van der Waals surface area contributed by atoms with Gasteiger partial charge in [-0.25, -0.2) is 9.78 Å². The monoisotopic (exact) mass is 439 g/mol. The summed E-state index contributed by atoms with van der Waals surface area (Å²) in [6.07, 6.45) is 3.12. The third kappa shape index (κ3) is 4.12. The molecule has 0 bridgehead atoms. The van der Waals surface area contributed by atoms with E-state index in [9.17, 15) is 15.0 Å². The molecule has 1 aliphatic carbocycles. The van der Waals surface area contributed by atoms with Crippen LogP contribution in [0.2, 0.25) is 0 Å². The summed E-state index contributed by atoms with van der Waals surface area (Å²) in [6, 6.07) is 7.68. The van der Waals surface area contributed by atoms with Gasteiger partial charge in [-0.1, -0.05) is 24.3 Å². The lowest BCUT2D eigenvalue weighted by Crippen LogP contribution is -2.28. The summed E-state index contributed by atoms with van der Waals surface area (Å²) in [5.74, 6) is -1.04. The van der Waals surface area contributed by atoms with E-state index in [0.717, 1.165) is 46.2 Å². The predicted octanol–water partition coefficient (Wildman–Crippen LogP) is 5.58. The van der Waals surface area contributed by atoms with Gasteiger partial charge < -0.3 is 14.9 Å². The number of nitrogens with zero attached hydrogens (tertiary/aromatic N) is 1. The number of ether oxygens (including phenoxy) is 1. The van der Waals surface area contributed by atoms with E-state index in [0.29, 0.717) is 11.3 Å². The number of pyridine rings is 1. The van der Waals surface area contributed by atoms with Crippen molar-refractivity contribution in [3.8, 4) is 11.1 Å². The Morgan fingerprint density at radius 2 is 1.94 bits per heavy atom. The van der Waals surface area contributed by atoms with Crippen LogP contribution in [0.25, 0.3) is 21.3 Å². The van der Waals surface area contributed by atoms with Gasteiger partial charge in [0.15, 0.2) is 6.10 Å². The fraction of sp³-hybridized carbons (Fsp3) is 0.440. The van der Waals surface area contributed by atoms with Crippen LogP contribution in [-0.2, 0) is 29.0 Å². The Labute approximate surface area is 186 Å². The smallest absolute Gasteiger partial charge is 0.337 e. The van der Waals surface area contributed by atoms with Crippen molar-refractivity contribution in [3.05, 3.63) is 51.5 Å². The Kier molecular flexibility index (Phi) is 5.90. The number of rotatable bonds is 5. The second kappa shape index (κ2) is 8.34. The van der Waals surface area contributed by atoms with Crippen molar-refractivity contribution in [1.82, 2.24) is 4.98 Å². The number of aromatic nitrogens is 1. The van der Waals surface area contributed by atoms with Crippen molar-refractivity contribution in [2.24, 2.45) is 0 Å². The standard InChI is InChI=1S/C25H29NO4S/c1-14-19(22(24(28)29)30-25(2,3)4)20(16-10-6-5-9-15(16)13-27)21-17-11-7-8-12-18(17)31-23(21)26-14/h5-6,9-10,22,27H,7-8,11-13H2,1-4H3,(H,28,29)/t22-/m0/s1. The van der Waals surface area contributed by atoms with Gasteiger partial charge in [-0.2, -0.15) is 0 Å². The Balaban J connectivity index is 2.12. The normalized spacial score (nSPS) is 15.1. The first-order valence-electron chi connectivity index (χ1n) is 10.8. The number of benzene rings is 1. The van der Waals surface area contributed by atoms with Gasteiger partial charge in [0, 0.05) is 27.1 Å². The third-order valence-electron chi connectivity index (χ3n) is 5.75. The summed E-state index contributed by atoms with van der Waals surface area (Å²) in [5.41, 5.74) is 4.35. The van der Waals surface area contributed by atoms with Crippen LogP contribution in [0, 0.1) is 6.92 Å². The maximum absolute atomic E-state index is 12.4. The van der Waals surface area contributed by atoms with Crippen LogP contribution >= 0.6 is 11.3 Å². The fourth-order valence-electron chi connectivity index (χ4n) is 4.51. The van der Waals surface area contributed by atoms with E-state index in [4.69, 9.17) is 9.72 Å². The molecule has 0 radical (unpaired) electrons. The van der Waals surface area contributed by atoms with Gasteiger partial charge in [-0.15, -0.1) is 11.3 Å². The Morgan fingerprint density at radius 3 is 2.61 bits per heavy atom. The molecule has 1 aliphatic rings. The SMILES string of the molecule is Cc1nc2sc3c(c2c(-c2ccccc2CO)c1[C@H](OC(C)(C)C)C(=O)O)CCCC3. The highest BCUT2D eigenvalue weighted by atomic mass is 32.1. The predicted molar refractivity (Wildman–Crippen MR) is 124 cm³/mol. The lowest BCUT2D eigenvalue weighted by molar-refractivity contribution is -0.160. The van der Waals surface area contributed by atoms with Crippen molar-refractivity contribution in [2.75, 3.05) is 0 Å². The first-order valence-corrected chi connectivity index (χ1v) is 11.6. The van der Waals surface area contributed by atoms with Crippen LogP contribution < -0.4 is 0 Å². The number of aryl methyl sites for hydroxylation is 3. The van der Waals surface area contributed by atoms with Crippen molar-refractivity contribution in [3.63, 3.8) is 0 Å². The van der Waals surface area contributed by atoms with Crippen LogP contribution in [0.1, 0.15) is 67.0 Å². The molecular weight excluding hydrogens is 410 g/mol. The molecule has 6 heteroatoms. The molecular formula is C25H29NO4S. The molecule has 0 unspecified atom stereocenters. The first kappa shape index (κ1) is 21.9. The Bertz CT molecular complexity index is 1140. The topological polar surface area (TPSA) is 79.7 Å². The van der Waals surface area contributed by atoms with Crippen LogP contribution in [-0.4, -0.2) is 26.8 Å². The highest BCUT2D eigenvalue weighted by Crippen LogP contribution is 2.46. The number of aliphatic hydroxyl groups is 1. The number of aliphatic carboxylic acids is 1. The summed E-state index contributed by atoms with van der Waals surface area (Å²) in [7, 11) is 0. The molecule has 1 aromatic carbocycles. The number of thiophene rings is 1. The van der Waals surface area contributed by atoms with E-state index >= 15 is 0 Å². The van der Waals surface area contributed by atoms with Gasteiger partial charge >= 0.3 is 5.97 Å². The molecule has 2 heterocycles. The van der Waals surface area contributed by atoms with Crippen molar-refractivity contribution in [2.45, 2.75) is 71.7 Å². The molecule has 0 spiro atoms. The summed E-state index contributed by atoms with van der Waals surface area (Å²) in [6.45, 7) is 7.32. The van der Waals surface area contributed by atoms with E-state index in [2.05, 4.69) is 0 Å². The first-order chi connectivity index (χ1) is 14.7. The number of fused-ring (bicyclic) bond motifs is 3. The average Bonchev–Trinajstić information content (AvgIpc) is 3.08. The molecule has 164 valence electrons. The highest BCUT2D eigenvalue weighted by Gasteiger charge is 2.34. The summed E-state index contributed by atoms with van der Waals surface area (Å²) in [5, 5.41) is 21.3. The molecule has 5 nitrogen and oxygen atoms in total. The molecule has 0 saturated heterocycles. The summed E-state index contributed by atoms with van der Waals surface area (Å²) in [4.78, 5) is 19.6. The molecule has 0 fully saturated rings. The summed E-state index contributed by atoms with van der Waals surface area (Å²) < 4.78 is 6.07. The van der Waals surface area contributed by atoms with E-state index in [1.165, 1.54) is 16.9 Å². The zero-order chi connectivity index (χ0) is 22.3. The molecule has 0 amide bonds. The molecule has 3 aromatic rings. The Morgan fingerprint density at radius 1 is 1.23 bits per heavy atom. The van der Waals surface area contributed by atoms with Gasteiger partial charge in [0.25, 0.3) is 0 Å². The lowest BCUT2D eigenvalue weighted by Gasteiger charge is -2.28. The zero-order valence-corrected chi connectivity index (χ0v) is 19.3. The van der Waals surface area contributed by atoms with E-state index < -0.39 is 17.7 Å². The van der Waals surface area contributed by atoms with E-state index in [1.54, 1.807) is 11.3 Å². The molecule has 4 rings (SSSR count). The van der Waals surface area contributed by atoms with Gasteiger partial charge in [0.2, 0.25) is 0 Å². The largest absolute Gasteiger partial charge is 0.479 e. The number of carboxylic acids is 1. The van der Waals surface area contributed by atoms with Gasteiger partial charge in [0.1, 0.15) is 4.83 Å². The molecule has 0 aliphatic heterocycles. The molecule has 31 heavy (non-hydrogen) atoms. The summed E-state index contributed by atoms with van der Waals surface area (Å²) >= 11 is 1.72. The highest BCUT2D eigenvalue weighted by molar-refractivity contribution is 7.19. The number of aliphatic hydroxyl groups excluding tert-OH is 1. The lowest BCUT2D eigenvalue weighted by atomic mass is 9.86. The number of hydrogen-bond donors (Lipinski definition) is 2. The Hall–Kier alpha value is -2.28. The number of carboxylic acid groups (broad SMARTS) is 1. The number of hydrogen-bond acceptors (Lipinski definition) is 5. The van der Waals surface area contributed by atoms with Gasteiger partial charge in [0.05, 0.1) is 12.2 Å². The maximum atomic E-state index is 12.4.